The normalized spacial score (nSPS) is 22.3. The lowest BCUT2D eigenvalue weighted by Crippen LogP contribution is -2.41. The van der Waals surface area contributed by atoms with Gasteiger partial charge in [0.1, 0.15) is 0 Å². The van der Waals surface area contributed by atoms with Crippen molar-refractivity contribution in [2.24, 2.45) is 0 Å². The molecule has 6 heteroatoms. The van der Waals surface area contributed by atoms with Crippen LogP contribution in [0.25, 0.3) is 0 Å². The minimum Gasteiger partial charge on any atom is -0.400 e. The summed E-state index contributed by atoms with van der Waals surface area (Å²) in [6.07, 6.45) is 1.82. The summed E-state index contributed by atoms with van der Waals surface area (Å²) >= 11 is 0. The molecular weight excluding hydrogens is 305 g/mol. The number of fused-ring (bicyclic) bond motifs is 1. The van der Waals surface area contributed by atoms with E-state index in [1.54, 1.807) is 24.3 Å². The molecule has 0 aliphatic carbocycles. The number of nitrogens with zero attached hydrogens (tertiary/aromatic N) is 1. The number of carbonyl (C=O) groups is 2. The number of carbonyl (C=O) groups excluding carboxylic acids is 2. The van der Waals surface area contributed by atoms with Crippen molar-refractivity contribution in [3.05, 3.63) is 46.9 Å². The van der Waals surface area contributed by atoms with Crippen LogP contribution in [0.3, 0.4) is 0 Å². The van der Waals surface area contributed by atoms with Crippen LogP contribution >= 0.6 is 0 Å². The van der Waals surface area contributed by atoms with Crippen molar-refractivity contribution < 1.29 is 18.9 Å². The monoisotopic (exact) mass is 327 g/mol. The van der Waals surface area contributed by atoms with Crippen LogP contribution in [0.1, 0.15) is 55.3 Å². The first kappa shape index (κ1) is 16.9. The minimum absolute atomic E-state index is 0.211. The van der Waals surface area contributed by atoms with Gasteiger partial charge in [0.15, 0.2) is 0 Å². The second-order valence-electron chi connectivity index (χ2n) is 7.30. The lowest BCUT2D eigenvalue weighted by atomic mass is 9.79. The zero-order chi connectivity index (χ0) is 17.7. The van der Waals surface area contributed by atoms with Crippen LogP contribution in [0.4, 0.5) is 0 Å². The zero-order valence-electron chi connectivity index (χ0n) is 14.8. The number of rotatable bonds is 3. The summed E-state index contributed by atoms with van der Waals surface area (Å²) in [5.41, 5.74) is 0.948. The molecule has 2 heterocycles. The van der Waals surface area contributed by atoms with E-state index in [-0.39, 0.29) is 18.4 Å². The maximum atomic E-state index is 12.4. The Kier molecular flexibility index (Phi) is 3.93. The molecule has 0 bridgehead atoms. The molecule has 1 saturated heterocycles. The van der Waals surface area contributed by atoms with Crippen molar-refractivity contribution in [2.45, 2.75) is 45.8 Å². The summed E-state index contributed by atoms with van der Waals surface area (Å²) in [4.78, 5) is 26.0. The molecule has 0 saturated carbocycles. The van der Waals surface area contributed by atoms with Crippen molar-refractivity contribution in [2.75, 3.05) is 6.54 Å². The topological polar surface area (TPSA) is 55.8 Å². The van der Waals surface area contributed by atoms with E-state index < -0.39 is 18.3 Å². The van der Waals surface area contributed by atoms with E-state index in [0.29, 0.717) is 11.1 Å². The molecule has 0 aromatic heterocycles. The molecule has 1 aromatic carbocycles. The van der Waals surface area contributed by atoms with E-state index in [0.717, 1.165) is 5.47 Å². The zero-order valence-corrected chi connectivity index (χ0v) is 14.8. The average Bonchev–Trinajstić information content (AvgIpc) is 2.88. The SMILES string of the molecule is CC(=CCN1C(=O)c2ccccc2C1=O)B1OC(C)(C)C(C)(C)O1. The molecule has 3 rings (SSSR count). The Morgan fingerprint density at radius 1 is 1.04 bits per heavy atom. The molecule has 0 radical (unpaired) electrons. The predicted molar refractivity (Wildman–Crippen MR) is 91.6 cm³/mol. The van der Waals surface area contributed by atoms with Crippen molar-refractivity contribution in [1.29, 1.82) is 0 Å². The molecule has 1 aromatic rings. The number of allylic oxidation sites excluding steroid dienone is 1. The molecule has 2 amide bonds. The number of amides is 2. The van der Waals surface area contributed by atoms with Gasteiger partial charge in [-0.15, -0.1) is 0 Å². The van der Waals surface area contributed by atoms with Crippen molar-refractivity contribution in [3.8, 4) is 0 Å². The fourth-order valence-electron chi connectivity index (χ4n) is 2.77. The van der Waals surface area contributed by atoms with E-state index in [1.165, 1.54) is 4.90 Å². The summed E-state index contributed by atoms with van der Waals surface area (Å²) in [5, 5.41) is 0. The number of hydrogen-bond acceptors (Lipinski definition) is 4. The van der Waals surface area contributed by atoms with E-state index in [2.05, 4.69) is 0 Å². The fraction of sp³-hybridized carbons (Fsp3) is 0.444. The molecule has 2 aliphatic rings. The summed E-state index contributed by atoms with van der Waals surface area (Å²) < 4.78 is 12.0. The lowest BCUT2D eigenvalue weighted by molar-refractivity contribution is 0.00578. The second-order valence-corrected chi connectivity index (χ2v) is 7.30. The highest BCUT2D eigenvalue weighted by Crippen LogP contribution is 2.38. The summed E-state index contributed by atoms with van der Waals surface area (Å²) in [6, 6.07) is 6.89. The van der Waals surface area contributed by atoms with Crippen LogP contribution in [0.15, 0.2) is 35.8 Å². The molecule has 0 unspecified atom stereocenters. The van der Waals surface area contributed by atoms with E-state index >= 15 is 0 Å². The maximum absolute atomic E-state index is 12.4. The standard InChI is InChI=1S/C18H22BNO4/c1-12(19-23-17(2,3)18(4,5)24-19)10-11-20-15(21)13-8-6-7-9-14(13)16(20)22/h6-10H,11H2,1-5H3. The first-order valence-electron chi connectivity index (χ1n) is 8.11. The van der Waals surface area contributed by atoms with Crippen LogP contribution < -0.4 is 0 Å². The predicted octanol–water partition coefficient (Wildman–Crippen LogP) is 2.86. The fourth-order valence-corrected chi connectivity index (χ4v) is 2.77. The summed E-state index contributed by atoms with van der Waals surface area (Å²) in [6.45, 7) is 10.1. The number of benzene rings is 1. The summed E-state index contributed by atoms with van der Waals surface area (Å²) in [5.74, 6) is -0.512. The second kappa shape index (κ2) is 5.57. The van der Waals surface area contributed by atoms with Gasteiger partial charge in [-0.1, -0.05) is 18.2 Å². The van der Waals surface area contributed by atoms with E-state index in [1.807, 2.05) is 40.7 Å². The van der Waals surface area contributed by atoms with Gasteiger partial charge in [0, 0.05) is 6.54 Å². The molecule has 0 N–H and O–H groups in total. The van der Waals surface area contributed by atoms with Crippen molar-refractivity contribution in [3.63, 3.8) is 0 Å². The smallest absolute Gasteiger partial charge is 0.400 e. The third kappa shape index (κ3) is 2.60. The quantitative estimate of drug-likeness (QED) is 0.633. The maximum Gasteiger partial charge on any atom is 0.490 e. The number of hydrogen-bond donors (Lipinski definition) is 0. The molecule has 0 atom stereocenters. The first-order chi connectivity index (χ1) is 11.1. The van der Waals surface area contributed by atoms with Gasteiger partial charge in [0.25, 0.3) is 11.8 Å². The Morgan fingerprint density at radius 2 is 1.50 bits per heavy atom. The third-order valence-electron chi connectivity index (χ3n) is 5.10. The van der Waals surface area contributed by atoms with Crippen molar-refractivity contribution >= 4 is 18.9 Å². The lowest BCUT2D eigenvalue weighted by Gasteiger charge is -2.32. The highest BCUT2D eigenvalue weighted by molar-refractivity contribution is 6.54. The first-order valence-corrected chi connectivity index (χ1v) is 8.11. The Labute approximate surface area is 142 Å². The van der Waals surface area contributed by atoms with Gasteiger partial charge < -0.3 is 9.31 Å². The minimum atomic E-state index is -0.467. The van der Waals surface area contributed by atoms with Gasteiger partial charge in [0.05, 0.1) is 22.3 Å². The third-order valence-corrected chi connectivity index (χ3v) is 5.10. The number of imide groups is 1. The Bertz CT molecular complexity index is 687. The van der Waals surface area contributed by atoms with Crippen LogP contribution in [0, 0.1) is 0 Å². The highest BCUT2D eigenvalue weighted by Gasteiger charge is 2.51. The van der Waals surface area contributed by atoms with Crippen LogP contribution in [-0.4, -0.2) is 41.6 Å². The molecule has 0 spiro atoms. The van der Waals surface area contributed by atoms with E-state index in [4.69, 9.17) is 9.31 Å². The van der Waals surface area contributed by atoms with Crippen LogP contribution in [0.5, 0.6) is 0 Å². The van der Waals surface area contributed by atoms with Gasteiger partial charge >= 0.3 is 7.12 Å². The molecular formula is C18H22BNO4. The van der Waals surface area contributed by atoms with E-state index in [9.17, 15) is 9.59 Å². The average molecular weight is 327 g/mol. The van der Waals surface area contributed by atoms with Gasteiger partial charge in [-0.2, -0.15) is 0 Å². The Balaban J connectivity index is 1.73. The summed E-state index contributed by atoms with van der Waals surface area (Å²) in [7, 11) is -0.467. The molecule has 2 aliphatic heterocycles. The van der Waals surface area contributed by atoms with Gasteiger partial charge in [0.2, 0.25) is 0 Å². The molecule has 1 fully saturated rings. The van der Waals surface area contributed by atoms with Gasteiger partial charge in [-0.25, -0.2) is 0 Å². The Morgan fingerprint density at radius 3 is 1.96 bits per heavy atom. The van der Waals surface area contributed by atoms with Crippen LogP contribution in [0.2, 0.25) is 0 Å². The van der Waals surface area contributed by atoms with Crippen molar-refractivity contribution in [1.82, 2.24) is 4.90 Å². The van der Waals surface area contributed by atoms with Gasteiger partial charge in [-0.05, 0) is 52.2 Å². The molecule has 24 heavy (non-hydrogen) atoms. The molecule has 126 valence electrons. The Hall–Kier alpha value is -1.92. The molecule has 5 nitrogen and oxygen atoms in total. The largest absolute Gasteiger partial charge is 0.490 e. The van der Waals surface area contributed by atoms with Crippen LogP contribution in [-0.2, 0) is 9.31 Å². The van der Waals surface area contributed by atoms with Gasteiger partial charge in [-0.3, -0.25) is 14.5 Å². The highest BCUT2D eigenvalue weighted by atomic mass is 16.7.